The zero-order valence-corrected chi connectivity index (χ0v) is 15.2. The fourth-order valence-electron chi connectivity index (χ4n) is 3.62. The van der Waals surface area contributed by atoms with Crippen molar-refractivity contribution in [2.45, 2.75) is 12.5 Å². The lowest BCUT2D eigenvalue weighted by atomic mass is 9.99. The van der Waals surface area contributed by atoms with Gasteiger partial charge in [-0.2, -0.15) is 0 Å². The van der Waals surface area contributed by atoms with Crippen LogP contribution in [0.1, 0.15) is 22.9 Å². The zero-order chi connectivity index (χ0) is 16.9. The number of rotatable bonds is 4. The molecule has 2 nitrogen and oxygen atoms in total. The Kier molecular flexibility index (Phi) is 5.26. The highest BCUT2D eigenvalue weighted by atomic mass is 32.1. The SMILES string of the molecule is c1ccc(-c2ccc(C(c3cccs3)N3CCCNCC3)cc2)cc1. The number of nitrogens with one attached hydrogen (secondary N) is 1. The lowest BCUT2D eigenvalue weighted by Crippen LogP contribution is -2.32. The molecule has 2 heterocycles. The molecule has 128 valence electrons. The van der Waals surface area contributed by atoms with E-state index in [0.29, 0.717) is 6.04 Å². The van der Waals surface area contributed by atoms with E-state index in [1.807, 2.05) is 11.3 Å². The van der Waals surface area contributed by atoms with Crippen molar-refractivity contribution in [2.24, 2.45) is 0 Å². The molecule has 1 fully saturated rings. The van der Waals surface area contributed by atoms with Gasteiger partial charge in [-0.25, -0.2) is 0 Å². The van der Waals surface area contributed by atoms with Gasteiger partial charge in [0.1, 0.15) is 0 Å². The van der Waals surface area contributed by atoms with Gasteiger partial charge < -0.3 is 5.32 Å². The molecule has 0 bridgehead atoms. The molecule has 1 aliphatic heterocycles. The molecule has 1 aromatic heterocycles. The van der Waals surface area contributed by atoms with Crippen LogP contribution in [-0.4, -0.2) is 31.1 Å². The van der Waals surface area contributed by atoms with E-state index in [-0.39, 0.29) is 0 Å². The summed E-state index contributed by atoms with van der Waals surface area (Å²) in [4.78, 5) is 4.07. The standard InChI is InChI=1S/C22H24N2S/c1-2-6-18(7-3-1)19-9-11-20(12-10-19)22(21-8-4-17-25-21)24-15-5-13-23-14-16-24/h1-4,6-12,17,22-23H,5,13-16H2. The van der Waals surface area contributed by atoms with Crippen molar-refractivity contribution < 1.29 is 0 Å². The fourth-order valence-corrected chi connectivity index (χ4v) is 4.50. The molecule has 1 N–H and O–H groups in total. The summed E-state index contributed by atoms with van der Waals surface area (Å²) < 4.78 is 0. The van der Waals surface area contributed by atoms with Crippen LogP contribution in [0.15, 0.2) is 72.1 Å². The third-order valence-electron chi connectivity index (χ3n) is 4.89. The highest BCUT2D eigenvalue weighted by Gasteiger charge is 2.23. The van der Waals surface area contributed by atoms with Crippen LogP contribution in [-0.2, 0) is 0 Å². The third-order valence-corrected chi connectivity index (χ3v) is 5.81. The van der Waals surface area contributed by atoms with E-state index >= 15 is 0 Å². The average Bonchev–Trinajstić information content (AvgIpc) is 3.06. The van der Waals surface area contributed by atoms with E-state index in [4.69, 9.17) is 0 Å². The van der Waals surface area contributed by atoms with Crippen LogP contribution in [0, 0.1) is 0 Å². The van der Waals surface area contributed by atoms with Crippen LogP contribution in [0.4, 0.5) is 0 Å². The second-order valence-electron chi connectivity index (χ2n) is 6.55. The molecule has 1 aliphatic rings. The summed E-state index contributed by atoms with van der Waals surface area (Å²) in [6.45, 7) is 4.45. The Morgan fingerprint density at radius 2 is 1.60 bits per heavy atom. The Balaban J connectivity index is 1.65. The summed E-state index contributed by atoms with van der Waals surface area (Å²) in [6, 6.07) is 24.6. The molecule has 1 saturated heterocycles. The van der Waals surface area contributed by atoms with E-state index in [9.17, 15) is 0 Å². The van der Waals surface area contributed by atoms with Gasteiger partial charge in [0.05, 0.1) is 6.04 Å². The number of nitrogens with zero attached hydrogens (tertiary/aromatic N) is 1. The van der Waals surface area contributed by atoms with Gasteiger partial charge in [-0.1, -0.05) is 60.7 Å². The van der Waals surface area contributed by atoms with E-state index < -0.39 is 0 Å². The molecule has 0 amide bonds. The second kappa shape index (κ2) is 7.96. The third kappa shape index (κ3) is 3.84. The van der Waals surface area contributed by atoms with Crippen molar-refractivity contribution in [1.29, 1.82) is 0 Å². The van der Waals surface area contributed by atoms with Crippen LogP contribution >= 0.6 is 11.3 Å². The Labute approximate surface area is 154 Å². The Morgan fingerprint density at radius 1 is 0.800 bits per heavy atom. The zero-order valence-electron chi connectivity index (χ0n) is 14.4. The summed E-state index contributed by atoms with van der Waals surface area (Å²) in [5.41, 5.74) is 3.96. The van der Waals surface area contributed by atoms with E-state index in [0.717, 1.165) is 26.2 Å². The minimum absolute atomic E-state index is 0.365. The first-order valence-electron chi connectivity index (χ1n) is 9.05. The first kappa shape index (κ1) is 16.5. The summed E-state index contributed by atoms with van der Waals surface area (Å²) in [5, 5.41) is 5.71. The lowest BCUT2D eigenvalue weighted by Gasteiger charge is -2.30. The van der Waals surface area contributed by atoms with Gasteiger partial charge >= 0.3 is 0 Å². The van der Waals surface area contributed by atoms with Crippen molar-refractivity contribution in [3.63, 3.8) is 0 Å². The van der Waals surface area contributed by atoms with Crippen molar-refractivity contribution in [3.8, 4) is 11.1 Å². The molecule has 25 heavy (non-hydrogen) atoms. The van der Waals surface area contributed by atoms with Gasteiger partial charge in [0.15, 0.2) is 0 Å². The number of thiophene rings is 1. The normalized spacial score (nSPS) is 17.1. The highest BCUT2D eigenvalue weighted by Crippen LogP contribution is 2.33. The maximum atomic E-state index is 3.52. The summed E-state index contributed by atoms with van der Waals surface area (Å²) in [6.07, 6.45) is 1.21. The van der Waals surface area contributed by atoms with Gasteiger partial charge in [0, 0.05) is 24.5 Å². The Hall–Kier alpha value is -1.94. The maximum Gasteiger partial charge on any atom is 0.0696 e. The maximum absolute atomic E-state index is 3.52. The minimum Gasteiger partial charge on any atom is -0.315 e. The van der Waals surface area contributed by atoms with Crippen LogP contribution in [0.25, 0.3) is 11.1 Å². The van der Waals surface area contributed by atoms with Crippen molar-refractivity contribution in [3.05, 3.63) is 82.6 Å². The second-order valence-corrected chi connectivity index (χ2v) is 7.52. The first-order valence-corrected chi connectivity index (χ1v) is 9.93. The number of hydrogen-bond acceptors (Lipinski definition) is 3. The number of hydrogen-bond donors (Lipinski definition) is 1. The topological polar surface area (TPSA) is 15.3 Å². The summed E-state index contributed by atoms with van der Waals surface area (Å²) in [5.74, 6) is 0. The Morgan fingerprint density at radius 3 is 2.36 bits per heavy atom. The Bertz CT molecular complexity index is 758. The molecular weight excluding hydrogens is 324 g/mol. The molecule has 0 spiro atoms. The van der Waals surface area contributed by atoms with E-state index in [1.165, 1.54) is 28.0 Å². The molecule has 3 heteroatoms. The smallest absolute Gasteiger partial charge is 0.0696 e. The van der Waals surface area contributed by atoms with Crippen LogP contribution < -0.4 is 5.32 Å². The van der Waals surface area contributed by atoms with Crippen molar-refractivity contribution in [1.82, 2.24) is 10.2 Å². The van der Waals surface area contributed by atoms with Crippen LogP contribution in [0.5, 0.6) is 0 Å². The molecule has 3 aromatic rings. The van der Waals surface area contributed by atoms with Gasteiger partial charge in [-0.05, 0) is 41.1 Å². The predicted molar refractivity (Wildman–Crippen MR) is 107 cm³/mol. The van der Waals surface area contributed by atoms with Crippen molar-refractivity contribution >= 4 is 11.3 Å². The average molecular weight is 349 g/mol. The number of benzene rings is 2. The fraction of sp³-hybridized carbons (Fsp3) is 0.273. The monoisotopic (exact) mass is 348 g/mol. The van der Waals surface area contributed by atoms with E-state index in [2.05, 4.69) is 82.3 Å². The van der Waals surface area contributed by atoms with Gasteiger partial charge in [0.25, 0.3) is 0 Å². The van der Waals surface area contributed by atoms with E-state index in [1.54, 1.807) is 0 Å². The van der Waals surface area contributed by atoms with Gasteiger partial charge in [-0.3, -0.25) is 4.90 Å². The predicted octanol–water partition coefficient (Wildman–Crippen LogP) is 4.80. The molecule has 0 saturated carbocycles. The minimum atomic E-state index is 0.365. The summed E-state index contributed by atoms with van der Waals surface area (Å²) in [7, 11) is 0. The molecule has 2 aromatic carbocycles. The lowest BCUT2D eigenvalue weighted by molar-refractivity contribution is 0.244. The van der Waals surface area contributed by atoms with Crippen LogP contribution in [0.2, 0.25) is 0 Å². The quantitative estimate of drug-likeness (QED) is 0.728. The van der Waals surface area contributed by atoms with Gasteiger partial charge in [-0.15, -0.1) is 11.3 Å². The van der Waals surface area contributed by atoms with Gasteiger partial charge in [0.2, 0.25) is 0 Å². The molecule has 1 unspecified atom stereocenters. The molecule has 0 radical (unpaired) electrons. The highest BCUT2D eigenvalue weighted by molar-refractivity contribution is 7.10. The largest absolute Gasteiger partial charge is 0.315 e. The molecule has 0 aliphatic carbocycles. The first-order chi connectivity index (χ1) is 12.4. The molecular formula is C22H24N2S. The molecule has 1 atom stereocenters. The molecule has 4 rings (SSSR count). The van der Waals surface area contributed by atoms with Crippen LogP contribution in [0.3, 0.4) is 0 Å². The summed E-state index contributed by atoms with van der Waals surface area (Å²) >= 11 is 1.86. The van der Waals surface area contributed by atoms with Crippen molar-refractivity contribution in [2.75, 3.05) is 26.2 Å².